The Morgan fingerprint density at radius 1 is 1.26 bits per heavy atom. The first-order chi connectivity index (χ1) is 8.82. The van der Waals surface area contributed by atoms with Crippen molar-refractivity contribution in [3.8, 4) is 0 Å². The highest BCUT2D eigenvalue weighted by Crippen LogP contribution is 2.23. The molecule has 0 bridgehead atoms. The Hall–Kier alpha value is -1.58. The topological polar surface area (TPSA) is 53.4 Å². The van der Waals surface area contributed by atoms with Gasteiger partial charge in [0.15, 0.2) is 0 Å². The Labute approximate surface area is 115 Å². The molecule has 4 heteroatoms. The fraction of sp³-hybridized carbons (Fsp3) is 0.600. The molecule has 19 heavy (non-hydrogen) atoms. The van der Waals surface area contributed by atoms with Crippen LogP contribution in [0.15, 0.2) is 12.3 Å². The van der Waals surface area contributed by atoms with Gasteiger partial charge in [0.25, 0.3) is 0 Å². The number of nitrogens with zero attached hydrogens (tertiary/aromatic N) is 2. The van der Waals surface area contributed by atoms with Crippen LogP contribution in [0.4, 0.5) is 5.82 Å². The Balaban J connectivity index is 3.21. The van der Waals surface area contributed by atoms with Crippen molar-refractivity contribution in [2.24, 2.45) is 11.8 Å². The normalized spacial score (nSPS) is 11.1. The molecule has 0 unspecified atom stereocenters. The van der Waals surface area contributed by atoms with Crippen LogP contribution in [0.1, 0.15) is 43.6 Å². The average Bonchev–Trinajstić information content (AvgIpc) is 2.25. The van der Waals surface area contributed by atoms with Gasteiger partial charge in [0.2, 0.25) is 0 Å². The predicted octanol–water partition coefficient (Wildman–Crippen LogP) is 3.21. The van der Waals surface area contributed by atoms with Crippen molar-refractivity contribution in [1.82, 2.24) is 4.98 Å². The smallest absolute Gasteiger partial charge is 0.339 e. The molecule has 0 atom stereocenters. The molecular formula is C15H24N2O2. The van der Waals surface area contributed by atoms with Gasteiger partial charge in [0.05, 0.1) is 0 Å². The number of pyridine rings is 1. The SMILES string of the molecule is Cc1ccnc(N(CC(C)C)CC(C)C)c1C(=O)O. The summed E-state index contributed by atoms with van der Waals surface area (Å²) in [6, 6.07) is 1.75. The fourth-order valence-corrected chi connectivity index (χ4v) is 2.18. The lowest BCUT2D eigenvalue weighted by Gasteiger charge is -2.28. The number of hydrogen-bond donors (Lipinski definition) is 1. The van der Waals surface area contributed by atoms with Crippen molar-refractivity contribution in [2.75, 3.05) is 18.0 Å². The molecule has 0 fully saturated rings. The second-order valence-electron chi connectivity index (χ2n) is 5.82. The molecule has 1 rings (SSSR count). The van der Waals surface area contributed by atoms with Gasteiger partial charge in [-0.15, -0.1) is 0 Å². The monoisotopic (exact) mass is 264 g/mol. The van der Waals surface area contributed by atoms with Gasteiger partial charge in [-0.1, -0.05) is 27.7 Å². The van der Waals surface area contributed by atoms with E-state index >= 15 is 0 Å². The van der Waals surface area contributed by atoms with Gasteiger partial charge in [-0.3, -0.25) is 0 Å². The maximum absolute atomic E-state index is 11.5. The Morgan fingerprint density at radius 3 is 2.21 bits per heavy atom. The molecule has 0 aliphatic carbocycles. The zero-order valence-electron chi connectivity index (χ0n) is 12.5. The second-order valence-corrected chi connectivity index (χ2v) is 5.82. The largest absolute Gasteiger partial charge is 0.478 e. The van der Waals surface area contributed by atoms with Crippen molar-refractivity contribution < 1.29 is 9.90 Å². The van der Waals surface area contributed by atoms with E-state index in [1.807, 2.05) is 6.92 Å². The first kappa shape index (κ1) is 15.5. The van der Waals surface area contributed by atoms with Crippen molar-refractivity contribution in [1.29, 1.82) is 0 Å². The van der Waals surface area contributed by atoms with Crippen molar-refractivity contribution in [3.63, 3.8) is 0 Å². The molecule has 0 spiro atoms. The molecule has 0 aliphatic heterocycles. The molecule has 1 aromatic rings. The maximum Gasteiger partial charge on any atom is 0.339 e. The Morgan fingerprint density at radius 2 is 1.79 bits per heavy atom. The predicted molar refractivity (Wildman–Crippen MR) is 77.8 cm³/mol. The lowest BCUT2D eigenvalue weighted by atomic mass is 10.1. The van der Waals surface area contributed by atoms with Crippen LogP contribution in [-0.4, -0.2) is 29.1 Å². The molecule has 0 saturated carbocycles. The zero-order chi connectivity index (χ0) is 14.6. The summed E-state index contributed by atoms with van der Waals surface area (Å²) >= 11 is 0. The highest BCUT2D eigenvalue weighted by Gasteiger charge is 2.21. The van der Waals surface area contributed by atoms with E-state index in [2.05, 4.69) is 37.6 Å². The van der Waals surface area contributed by atoms with Gasteiger partial charge in [-0.25, -0.2) is 9.78 Å². The summed E-state index contributed by atoms with van der Waals surface area (Å²) in [5, 5.41) is 9.40. The van der Waals surface area contributed by atoms with Gasteiger partial charge in [0.1, 0.15) is 11.4 Å². The van der Waals surface area contributed by atoms with Gasteiger partial charge in [-0.05, 0) is 30.4 Å². The van der Waals surface area contributed by atoms with E-state index in [0.29, 0.717) is 23.2 Å². The number of aromatic nitrogens is 1. The van der Waals surface area contributed by atoms with Gasteiger partial charge < -0.3 is 10.0 Å². The van der Waals surface area contributed by atoms with E-state index in [1.54, 1.807) is 12.3 Å². The molecule has 0 aliphatic rings. The summed E-state index contributed by atoms with van der Waals surface area (Å²) in [7, 11) is 0. The number of hydrogen-bond acceptors (Lipinski definition) is 3. The van der Waals surface area contributed by atoms with E-state index in [1.165, 1.54) is 0 Å². The molecule has 0 amide bonds. The third kappa shape index (κ3) is 4.23. The van der Waals surface area contributed by atoms with E-state index in [-0.39, 0.29) is 0 Å². The number of aromatic carboxylic acids is 1. The van der Waals surface area contributed by atoms with E-state index in [9.17, 15) is 9.90 Å². The number of rotatable bonds is 6. The minimum atomic E-state index is -0.905. The summed E-state index contributed by atoms with van der Waals surface area (Å²) in [4.78, 5) is 17.9. The minimum absolute atomic E-state index is 0.323. The first-order valence-electron chi connectivity index (χ1n) is 6.76. The molecule has 1 heterocycles. The quantitative estimate of drug-likeness (QED) is 0.857. The number of carboxylic acid groups (broad SMARTS) is 1. The Kier molecular flexibility index (Phi) is 5.33. The number of carbonyl (C=O) groups is 1. The van der Waals surface area contributed by atoms with E-state index < -0.39 is 5.97 Å². The second kappa shape index (κ2) is 6.55. The van der Waals surface area contributed by atoms with Crippen LogP contribution in [0.2, 0.25) is 0 Å². The maximum atomic E-state index is 11.5. The lowest BCUT2D eigenvalue weighted by molar-refractivity contribution is 0.0696. The summed E-state index contributed by atoms with van der Waals surface area (Å²) in [6.07, 6.45) is 1.69. The minimum Gasteiger partial charge on any atom is -0.478 e. The summed E-state index contributed by atoms with van der Waals surface area (Å²) in [5.41, 5.74) is 1.08. The molecular weight excluding hydrogens is 240 g/mol. The van der Waals surface area contributed by atoms with Crippen LogP contribution in [-0.2, 0) is 0 Å². The third-order valence-corrected chi connectivity index (χ3v) is 2.82. The van der Waals surface area contributed by atoms with E-state index in [0.717, 1.165) is 18.7 Å². The molecule has 106 valence electrons. The average molecular weight is 264 g/mol. The standard InChI is InChI=1S/C15H24N2O2/c1-10(2)8-17(9-11(3)4)14-13(15(18)19)12(5)6-7-16-14/h6-7,10-11H,8-9H2,1-5H3,(H,18,19). The zero-order valence-corrected chi connectivity index (χ0v) is 12.5. The fourth-order valence-electron chi connectivity index (χ4n) is 2.18. The number of aryl methyl sites for hydroxylation is 1. The highest BCUT2D eigenvalue weighted by molar-refractivity contribution is 5.94. The van der Waals surface area contributed by atoms with Crippen molar-refractivity contribution in [2.45, 2.75) is 34.6 Å². The molecule has 1 N–H and O–H groups in total. The van der Waals surface area contributed by atoms with Gasteiger partial charge in [0, 0.05) is 19.3 Å². The molecule has 4 nitrogen and oxygen atoms in total. The number of anilines is 1. The van der Waals surface area contributed by atoms with Crippen LogP contribution >= 0.6 is 0 Å². The van der Waals surface area contributed by atoms with Crippen LogP contribution in [0.5, 0.6) is 0 Å². The van der Waals surface area contributed by atoms with Crippen molar-refractivity contribution >= 4 is 11.8 Å². The van der Waals surface area contributed by atoms with Crippen LogP contribution in [0.3, 0.4) is 0 Å². The molecule has 1 aromatic heterocycles. The number of carboxylic acids is 1. The molecule has 0 saturated heterocycles. The first-order valence-corrected chi connectivity index (χ1v) is 6.76. The molecule has 0 aromatic carbocycles. The van der Waals surface area contributed by atoms with Crippen molar-refractivity contribution in [3.05, 3.63) is 23.4 Å². The third-order valence-electron chi connectivity index (χ3n) is 2.82. The highest BCUT2D eigenvalue weighted by atomic mass is 16.4. The summed E-state index contributed by atoms with van der Waals surface area (Å²) in [5.74, 6) is 0.610. The molecule has 0 radical (unpaired) electrons. The van der Waals surface area contributed by atoms with Crippen LogP contribution < -0.4 is 4.90 Å². The summed E-state index contributed by atoms with van der Waals surface area (Å²) in [6.45, 7) is 12.0. The van der Waals surface area contributed by atoms with Crippen LogP contribution in [0, 0.1) is 18.8 Å². The van der Waals surface area contributed by atoms with Gasteiger partial charge >= 0.3 is 5.97 Å². The van der Waals surface area contributed by atoms with E-state index in [4.69, 9.17) is 0 Å². The lowest BCUT2D eigenvalue weighted by Crippen LogP contribution is -2.33. The summed E-state index contributed by atoms with van der Waals surface area (Å²) < 4.78 is 0. The Bertz CT molecular complexity index is 432. The van der Waals surface area contributed by atoms with Crippen LogP contribution in [0.25, 0.3) is 0 Å². The van der Waals surface area contributed by atoms with Gasteiger partial charge in [-0.2, -0.15) is 0 Å².